The SMILES string of the molecule is CNC(=O)NC(C(N)=O)c1ccccc1. The maximum atomic E-state index is 11.1. The minimum absolute atomic E-state index is 0.442. The lowest BCUT2D eigenvalue weighted by Gasteiger charge is -2.15. The fourth-order valence-corrected chi connectivity index (χ4v) is 1.17. The lowest BCUT2D eigenvalue weighted by molar-refractivity contribution is -0.119. The van der Waals surface area contributed by atoms with Crippen LogP contribution in [0.4, 0.5) is 4.79 Å². The van der Waals surface area contributed by atoms with Gasteiger partial charge in [0.05, 0.1) is 0 Å². The summed E-state index contributed by atoms with van der Waals surface area (Å²) in [5.74, 6) is -0.593. The maximum absolute atomic E-state index is 11.1. The topological polar surface area (TPSA) is 84.2 Å². The molecular formula is C10H13N3O2. The molecule has 0 radical (unpaired) electrons. The summed E-state index contributed by atoms with van der Waals surface area (Å²) in [6, 6.07) is 7.58. The fraction of sp³-hybridized carbons (Fsp3) is 0.200. The molecule has 0 saturated heterocycles. The van der Waals surface area contributed by atoms with Crippen molar-refractivity contribution in [3.63, 3.8) is 0 Å². The van der Waals surface area contributed by atoms with Gasteiger partial charge in [0.25, 0.3) is 0 Å². The normalized spacial score (nSPS) is 11.5. The second-order valence-corrected chi connectivity index (χ2v) is 2.97. The number of benzene rings is 1. The molecule has 0 fully saturated rings. The quantitative estimate of drug-likeness (QED) is 0.658. The molecular weight excluding hydrogens is 194 g/mol. The summed E-state index contributed by atoms with van der Waals surface area (Å²) in [6.45, 7) is 0. The molecule has 3 amide bonds. The van der Waals surface area contributed by atoms with Crippen LogP contribution in [-0.2, 0) is 4.79 Å². The molecule has 0 aromatic heterocycles. The summed E-state index contributed by atoms with van der Waals surface area (Å²) < 4.78 is 0. The summed E-state index contributed by atoms with van der Waals surface area (Å²) in [5.41, 5.74) is 5.85. The summed E-state index contributed by atoms with van der Waals surface area (Å²) >= 11 is 0. The Balaban J connectivity index is 2.84. The van der Waals surface area contributed by atoms with Gasteiger partial charge in [-0.15, -0.1) is 0 Å². The predicted molar refractivity (Wildman–Crippen MR) is 56.0 cm³/mol. The number of carbonyl (C=O) groups is 2. The highest BCUT2D eigenvalue weighted by atomic mass is 16.2. The predicted octanol–water partition coefficient (Wildman–Crippen LogP) is 0.142. The minimum Gasteiger partial charge on any atom is -0.368 e. The number of hydrogen-bond donors (Lipinski definition) is 3. The zero-order chi connectivity index (χ0) is 11.3. The van der Waals surface area contributed by atoms with Crippen molar-refractivity contribution < 1.29 is 9.59 Å². The van der Waals surface area contributed by atoms with Crippen molar-refractivity contribution in [2.75, 3.05) is 7.05 Å². The van der Waals surface area contributed by atoms with E-state index in [9.17, 15) is 9.59 Å². The van der Waals surface area contributed by atoms with E-state index in [1.165, 1.54) is 7.05 Å². The number of rotatable bonds is 3. The van der Waals surface area contributed by atoms with Crippen molar-refractivity contribution in [1.82, 2.24) is 10.6 Å². The summed E-state index contributed by atoms with van der Waals surface area (Å²) in [7, 11) is 1.47. The van der Waals surface area contributed by atoms with Gasteiger partial charge in [-0.05, 0) is 5.56 Å². The number of nitrogens with two attached hydrogens (primary N) is 1. The van der Waals surface area contributed by atoms with Crippen molar-refractivity contribution in [1.29, 1.82) is 0 Å². The molecule has 5 heteroatoms. The van der Waals surface area contributed by atoms with Gasteiger partial charge in [-0.3, -0.25) is 4.79 Å². The first kappa shape index (κ1) is 11.0. The number of hydrogen-bond acceptors (Lipinski definition) is 2. The van der Waals surface area contributed by atoms with Gasteiger partial charge in [-0.25, -0.2) is 4.79 Å². The van der Waals surface area contributed by atoms with Crippen LogP contribution in [0.3, 0.4) is 0 Å². The van der Waals surface area contributed by atoms with Crippen LogP contribution in [-0.4, -0.2) is 19.0 Å². The average molecular weight is 207 g/mol. The Hall–Kier alpha value is -2.04. The van der Waals surface area contributed by atoms with Crippen LogP contribution in [0, 0.1) is 0 Å². The molecule has 0 aliphatic carbocycles. The molecule has 1 unspecified atom stereocenters. The Kier molecular flexibility index (Phi) is 3.68. The van der Waals surface area contributed by atoms with E-state index in [1.807, 2.05) is 6.07 Å². The van der Waals surface area contributed by atoms with E-state index in [-0.39, 0.29) is 0 Å². The number of carbonyl (C=O) groups excluding carboxylic acids is 2. The molecule has 0 bridgehead atoms. The highest BCUT2D eigenvalue weighted by Gasteiger charge is 2.18. The van der Waals surface area contributed by atoms with Gasteiger partial charge in [0.1, 0.15) is 6.04 Å². The number of primary amides is 1. The summed E-state index contributed by atoms with van der Waals surface area (Å²) in [5, 5.41) is 4.82. The third-order valence-electron chi connectivity index (χ3n) is 1.92. The molecule has 0 heterocycles. The van der Waals surface area contributed by atoms with E-state index in [0.29, 0.717) is 5.56 Å². The first-order valence-corrected chi connectivity index (χ1v) is 4.47. The molecule has 5 nitrogen and oxygen atoms in total. The molecule has 0 spiro atoms. The molecule has 0 aliphatic heterocycles. The van der Waals surface area contributed by atoms with Crippen molar-refractivity contribution in [2.24, 2.45) is 5.73 Å². The number of amides is 3. The Morgan fingerprint density at radius 3 is 2.33 bits per heavy atom. The minimum atomic E-state index is -0.800. The second-order valence-electron chi connectivity index (χ2n) is 2.97. The van der Waals surface area contributed by atoms with Crippen LogP contribution in [0.1, 0.15) is 11.6 Å². The summed E-state index contributed by atoms with van der Waals surface area (Å²) in [6.07, 6.45) is 0. The molecule has 0 aliphatic rings. The van der Waals surface area contributed by atoms with Gasteiger partial charge in [-0.1, -0.05) is 30.3 Å². The van der Waals surface area contributed by atoms with E-state index in [4.69, 9.17) is 5.73 Å². The molecule has 15 heavy (non-hydrogen) atoms. The second kappa shape index (κ2) is 4.99. The molecule has 4 N–H and O–H groups in total. The third-order valence-corrected chi connectivity index (χ3v) is 1.92. The third kappa shape index (κ3) is 2.98. The maximum Gasteiger partial charge on any atom is 0.315 e. The fourth-order valence-electron chi connectivity index (χ4n) is 1.17. The number of nitrogens with one attached hydrogen (secondary N) is 2. The average Bonchev–Trinajstić information content (AvgIpc) is 2.26. The van der Waals surface area contributed by atoms with E-state index in [1.54, 1.807) is 24.3 Å². The van der Waals surface area contributed by atoms with Crippen LogP contribution < -0.4 is 16.4 Å². The van der Waals surface area contributed by atoms with E-state index in [2.05, 4.69) is 10.6 Å². The number of urea groups is 1. The first-order chi connectivity index (χ1) is 7.15. The zero-order valence-corrected chi connectivity index (χ0v) is 8.36. The van der Waals surface area contributed by atoms with Gasteiger partial charge < -0.3 is 16.4 Å². The van der Waals surface area contributed by atoms with Crippen molar-refractivity contribution in [3.05, 3.63) is 35.9 Å². The lowest BCUT2D eigenvalue weighted by atomic mass is 10.1. The van der Waals surface area contributed by atoms with E-state index < -0.39 is 18.0 Å². The Bertz CT molecular complexity index is 351. The highest BCUT2D eigenvalue weighted by molar-refractivity contribution is 5.86. The lowest BCUT2D eigenvalue weighted by Crippen LogP contribution is -2.41. The monoisotopic (exact) mass is 207 g/mol. The molecule has 0 saturated carbocycles. The van der Waals surface area contributed by atoms with Crippen LogP contribution in [0.2, 0.25) is 0 Å². The van der Waals surface area contributed by atoms with Crippen molar-refractivity contribution in [3.8, 4) is 0 Å². The van der Waals surface area contributed by atoms with Crippen LogP contribution >= 0.6 is 0 Å². The van der Waals surface area contributed by atoms with E-state index in [0.717, 1.165) is 0 Å². The Morgan fingerprint density at radius 2 is 1.87 bits per heavy atom. The van der Waals surface area contributed by atoms with Crippen LogP contribution in [0.25, 0.3) is 0 Å². The Morgan fingerprint density at radius 1 is 1.27 bits per heavy atom. The van der Waals surface area contributed by atoms with Gasteiger partial charge in [0.2, 0.25) is 5.91 Å². The van der Waals surface area contributed by atoms with Gasteiger partial charge in [-0.2, -0.15) is 0 Å². The van der Waals surface area contributed by atoms with Crippen LogP contribution in [0.5, 0.6) is 0 Å². The highest BCUT2D eigenvalue weighted by Crippen LogP contribution is 2.11. The van der Waals surface area contributed by atoms with Crippen molar-refractivity contribution >= 4 is 11.9 Å². The smallest absolute Gasteiger partial charge is 0.315 e. The van der Waals surface area contributed by atoms with Crippen molar-refractivity contribution in [2.45, 2.75) is 6.04 Å². The molecule has 80 valence electrons. The molecule has 1 aromatic carbocycles. The Labute approximate surface area is 87.7 Å². The summed E-state index contributed by atoms with van der Waals surface area (Å²) in [4.78, 5) is 22.2. The van der Waals surface area contributed by atoms with Crippen LogP contribution in [0.15, 0.2) is 30.3 Å². The van der Waals surface area contributed by atoms with Gasteiger partial charge in [0, 0.05) is 7.05 Å². The van der Waals surface area contributed by atoms with E-state index >= 15 is 0 Å². The zero-order valence-electron chi connectivity index (χ0n) is 8.36. The van der Waals surface area contributed by atoms with Gasteiger partial charge in [0.15, 0.2) is 0 Å². The molecule has 1 atom stereocenters. The largest absolute Gasteiger partial charge is 0.368 e. The molecule has 1 aromatic rings. The standard InChI is InChI=1S/C10H13N3O2/c1-12-10(15)13-8(9(11)14)7-5-3-2-4-6-7/h2-6,8H,1H3,(H2,11,14)(H2,12,13,15). The van der Waals surface area contributed by atoms with Gasteiger partial charge >= 0.3 is 6.03 Å². The molecule has 1 rings (SSSR count). The first-order valence-electron chi connectivity index (χ1n) is 4.47.